The maximum atomic E-state index is 4.45. The van der Waals surface area contributed by atoms with Crippen molar-refractivity contribution in [2.75, 3.05) is 0 Å². The number of hydrogen-bond acceptors (Lipinski definition) is 2. The van der Waals surface area contributed by atoms with Crippen molar-refractivity contribution in [3.8, 4) is 22.5 Å². The molecule has 0 N–H and O–H groups in total. The Bertz CT molecular complexity index is 1240. The Hall–Kier alpha value is -2.73. The van der Waals surface area contributed by atoms with E-state index in [-0.39, 0.29) is 0 Å². The highest BCUT2D eigenvalue weighted by atomic mass is 127. The van der Waals surface area contributed by atoms with Gasteiger partial charge >= 0.3 is 0 Å². The maximum Gasteiger partial charge on any atom is 0.168 e. The van der Waals surface area contributed by atoms with Crippen molar-refractivity contribution >= 4 is 39.0 Å². The van der Waals surface area contributed by atoms with Gasteiger partial charge in [-0.05, 0) is 51.2 Å². The molecule has 0 saturated heterocycles. The van der Waals surface area contributed by atoms with Crippen molar-refractivity contribution in [3.63, 3.8) is 0 Å². The molecule has 26 heavy (non-hydrogen) atoms. The standard InChI is InChI=1S/C22H14IN3/c23-20-8-4-3-6-18(20)16-9-11-17(12-10-16)21-24-25-22-19-7-2-1-5-15(19)13-14-26(21)22/h1-14H. The van der Waals surface area contributed by atoms with Gasteiger partial charge in [-0.2, -0.15) is 0 Å². The smallest absolute Gasteiger partial charge is 0.168 e. The Morgan fingerprint density at radius 2 is 1.42 bits per heavy atom. The highest BCUT2D eigenvalue weighted by Gasteiger charge is 2.11. The van der Waals surface area contributed by atoms with E-state index >= 15 is 0 Å². The van der Waals surface area contributed by atoms with E-state index in [0.29, 0.717) is 0 Å². The first-order valence-electron chi connectivity index (χ1n) is 8.39. The molecule has 0 aliphatic carbocycles. The molecule has 5 rings (SSSR count). The van der Waals surface area contributed by atoms with Crippen molar-refractivity contribution in [3.05, 3.63) is 88.6 Å². The average molecular weight is 447 g/mol. The van der Waals surface area contributed by atoms with Gasteiger partial charge in [-0.3, -0.25) is 4.40 Å². The van der Waals surface area contributed by atoms with Gasteiger partial charge in [0.05, 0.1) is 0 Å². The minimum atomic E-state index is 0.861. The summed E-state index contributed by atoms with van der Waals surface area (Å²) >= 11 is 2.38. The van der Waals surface area contributed by atoms with Crippen LogP contribution >= 0.6 is 22.6 Å². The fourth-order valence-corrected chi connectivity index (χ4v) is 4.01. The van der Waals surface area contributed by atoms with Gasteiger partial charge in [0.25, 0.3) is 0 Å². The third-order valence-electron chi connectivity index (χ3n) is 4.63. The zero-order valence-electron chi connectivity index (χ0n) is 13.8. The van der Waals surface area contributed by atoms with Gasteiger partial charge in [-0.1, -0.05) is 66.7 Å². The number of halogens is 1. The quantitative estimate of drug-likeness (QED) is 0.319. The molecule has 4 heteroatoms. The lowest BCUT2D eigenvalue weighted by Gasteiger charge is -2.06. The van der Waals surface area contributed by atoms with Gasteiger partial charge in [0.15, 0.2) is 11.5 Å². The van der Waals surface area contributed by atoms with Crippen LogP contribution in [0.1, 0.15) is 0 Å². The van der Waals surface area contributed by atoms with Crippen LogP contribution < -0.4 is 0 Å². The predicted molar refractivity (Wildman–Crippen MR) is 114 cm³/mol. The van der Waals surface area contributed by atoms with Crippen molar-refractivity contribution in [2.24, 2.45) is 0 Å². The van der Waals surface area contributed by atoms with Crippen LogP contribution in [0.4, 0.5) is 0 Å². The molecule has 124 valence electrons. The lowest BCUT2D eigenvalue weighted by molar-refractivity contribution is 1.11. The molecule has 0 fully saturated rings. The highest BCUT2D eigenvalue weighted by Crippen LogP contribution is 2.28. The van der Waals surface area contributed by atoms with Gasteiger partial charge in [0.2, 0.25) is 0 Å². The molecule has 0 amide bonds. The van der Waals surface area contributed by atoms with E-state index < -0.39 is 0 Å². The number of rotatable bonds is 2. The van der Waals surface area contributed by atoms with E-state index in [2.05, 4.69) is 104 Å². The molecule has 5 aromatic rings. The Labute approximate surface area is 164 Å². The van der Waals surface area contributed by atoms with Crippen LogP contribution in [0.25, 0.3) is 38.9 Å². The second kappa shape index (κ2) is 6.21. The largest absolute Gasteiger partial charge is 0.282 e. The van der Waals surface area contributed by atoms with E-state index in [0.717, 1.165) is 22.4 Å². The van der Waals surface area contributed by atoms with Crippen LogP contribution in [-0.4, -0.2) is 14.6 Å². The highest BCUT2D eigenvalue weighted by molar-refractivity contribution is 14.1. The van der Waals surface area contributed by atoms with Crippen LogP contribution in [0.15, 0.2) is 85.1 Å². The summed E-state index contributed by atoms with van der Waals surface area (Å²) in [5, 5.41) is 11.2. The molecule has 2 aromatic heterocycles. The van der Waals surface area contributed by atoms with E-state index in [9.17, 15) is 0 Å². The number of benzene rings is 3. The van der Waals surface area contributed by atoms with Gasteiger partial charge < -0.3 is 0 Å². The van der Waals surface area contributed by atoms with Crippen LogP contribution in [-0.2, 0) is 0 Å². The molecule has 0 spiro atoms. The minimum absolute atomic E-state index is 0.861. The average Bonchev–Trinajstić information content (AvgIpc) is 3.13. The number of fused-ring (bicyclic) bond motifs is 3. The monoisotopic (exact) mass is 447 g/mol. The fourth-order valence-electron chi connectivity index (χ4n) is 3.31. The van der Waals surface area contributed by atoms with Crippen molar-refractivity contribution in [1.29, 1.82) is 0 Å². The molecule has 3 nitrogen and oxygen atoms in total. The van der Waals surface area contributed by atoms with Crippen LogP contribution in [0.5, 0.6) is 0 Å². The van der Waals surface area contributed by atoms with E-state index in [4.69, 9.17) is 0 Å². The summed E-state index contributed by atoms with van der Waals surface area (Å²) in [4.78, 5) is 0. The second-order valence-electron chi connectivity index (χ2n) is 6.18. The number of hydrogen-bond donors (Lipinski definition) is 0. The Kier molecular flexibility index (Phi) is 3.71. The molecule has 0 saturated carbocycles. The topological polar surface area (TPSA) is 30.2 Å². The number of aromatic nitrogens is 3. The summed E-state index contributed by atoms with van der Waals surface area (Å²) in [5.74, 6) is 0.861. The van der Waals surface area contributed by atoms with Gasteiger partial charge in [-0.25, -0.2) is 0 Å². The molecule has 3 aromatic carbocycles. The Morgan fingerprint density at radius 1 is 0.692 bits per heavy atom. The van der Waals surface area contributed by atoms with Crippen LogP contribution in [0.2, 0.25) is 0 Å². The first-order chi connectivity index (χ1) is 12.8. The van der Waals surface area contributed by atoms with Gasteiger partial charge in [-0.15, -0.1) is 10.2 Å². The molecule has 0 radical (unpaired) electrons. The molecule has 0 atom stereocenters. The predicted octanol–water partition coefficient (Wildman–Crippen LogP) is 5.82. The Balaban J connectivity index is 1.62. The van der Waals surface area contributed by atoms with Gasteiger partial charge in [0, 0.05) is 20.7 Å². The molecule has 2 heterocycles. The summed E-state index contributed by atoms with van der Waals surface area (Å²) < 4.78 is 3.31. The minimum Gasteiger partial charge on any atom is -0.282 e. The third kappa shape index (κ3) is 2.49. The normalized spacial score (nSPS) is 11.3. The summed E-state index contributed by atoms with van der Waals surface area (Å²) in [5.41, 5.74) is 4.40. The van der Waals surface area contributed by atoms with Crippen molar-refractivity contribution in [1.82, 2.24) is 14.6 Å². The molecule has 0 aliphatic rings. The van der Waals surface area contributed by atoms with Crippen LogP contribution in [0.3, 0.4) is 0 Å². The van der Waals surface area contributed by atoms with Crippen LogP contribution in [0, 0.1) is 3.57 Å². The van der Waals surface area contributed by atoms with Crippen molar-refractivity contribution < 1.29 is 0 Å². The number of nitrogens with zero attached hydrogens (tertiary/aromatic N) is 3. The summed E-state index contributed by atoms with van der Waals surface area (Å²) in [6, 6.07) is 27.3. The first kappa shape index (κ1) is 15.5. The summed E-state index contributed by atoms with van der Waals surface area (Å²) in [7, 11) is 0. The molecular formula is C22H14IN3. The maximum absolute atomic E-state index is 4.45. The van der Waals surface area contributed by atoms with E-state index in [1.165, 1.54) is 20.1 Å². The van der Waals surface area contributed by atoms with E-state index in [1.54, 1.807) is 0 Å². The molecular weight excluding hydrogens is 433 g/mol. The zero-order valence-corrected chi connectivity index (χ0v) is 16.0. The summed E-state index contributed by atoms with van der Waals surface area (Å²) in [6.07, 6.45) is 2.04. The third-order valence-corrected chi connectivity index (χ3v) is 5.57. The van der Waals surface area contributed by atoms with Gasteiger partial charge in [0.1, 0.15) is 0 Å². The van der Waals surface area contributed by atoms with Crippen molar-refractivity contribution in [2.45, 2.75) is 0 Å². The second-order valence-corrected chi connectivity index (χ2v) is 7.34. The fraction of sp³-hybridized carbons (Fsp3) is 0. The number of pyridine rings is 1. The SMILES string of the molecule is Ic1ccccc1-c1ccc(-c2nnc3c4ccccc4ccn23)cc1. The lowest BCUT2D eigenvalue weighted by Crippen LogP contribution is -1.90. The molecule has 0 bridgehead atoms. The summed E-state index contributed by atoms with van der Waals surface area (Å²) in [6.45, 7) is 0. The first-order valence-corrected chi connectivity index (χ1v) is 9.47. The Morgan fingerprint density at radius 3 is 2.27 bits per heavy atom. The zero-order chi connectivity index (χ0) is 17.5. The lowest BCUT2D eigenvalue weighted by atomic mass is 10.0. The van der Waals surface area contributed by atoms with E-state index in [1.807, 2.05) is 18.3 Å². The molecule has 0 aliphatic heterocycles. The molecule has 0 unspecified atom stereocenters.